The van der Waals surface area contributed by atoms with E-state index >= 15 is 0 Å². The number of carbonyl (C=O) groups excluding carboxylic acids is 1. The topological polar surface area (TPSA) is 84.3 Å². The molecule has 1 saturated heterocycles. The fourth-order valence-corrected chi connectivity index (χ4v) is 2.54. The molecule has 1 aliphatic heterocycles. The molecule has 114 valence electrons. The van der Waals surface area contributed by atoms with Crippen LogP contribution in [0.15, 0.2) is 24.3 Å². The number of nitrogens with zero attached hydrogens (tertiary/aromatic N) is 1. The number of hydrogen-bond donors (Lipinski definition) is 2. The van der Waals surface area contributed by atoms with E-state index in [1.807, 2.05) is 0 Å². The Morgan fingerprint density at radius 2 is 2.19 bits per heavy atom. The van der Waals surface area contributed by atoms with Crippen molar-refractivity contribution in [3.8, 4) is 0 Å². The summed E-state index contributed by atoms with van der Waals surface area (Å²) in [5.41, 5.74) is 0.692. The van der Waals surface area contributed by atoms with Gasteiger partial charge < -0.3 is 10.6 Å². The molecule has 0 saturated carbocycles. The highest BCUT2D eigenvalue weighted by Gasteiger charge is 2.19. The highest BCUT2D eigenvalue weighted by Crippen LogP contribution is 2.21. The Morgan fingerprint density at radius 1 is 1.48 bits per heavy atom. The van der Waals surface area contributed by atoms with Gasteiger partial charge in [-0.1, -0.05) is 12.1 Å². The molecule has 1 heterocycles. The van der Waals surface area contributed by atoms with E-state index in [0.29, 0.717) is 18.0 Å². The largest absolute Gasteiger partial charge is 0.355 e. The summed E-state index contributed by atoms with van der Waals surface area (Å²) in [6.07, 6.45) is 2.15. The molecule has 2 N–H and O–H groups in total. The molecule has 1 aliphatic rings. The number of carbonyl (C=O) groups is 1. The second-order valence-corrected chi connectivity index (χ2v) is 5.51. The third-order valence-electron chi connectivity index (χ3n) is 4.00. The van der Waals surface area contributed by atoms with Gasteiger partial charge in [-0.15, -0.1) is 0 Å². The van der Waals surface area contributed by atoms with Crippen LogP contribution in [-0.4, -0.2) is 30.5 Å². The van der Waals surface area contributed by atoms with Crippen LogP contribution in [0, 0.1) is 16.0 Å². The number of benzene rings is 1. The molecule has 1 atom stereocenters. The maximum Gasteiger partial charge on any atom is 0.269 e. The molecule has 21 heavy (non-hydrogen) atoms. The van der Waals surface area contributed by atoms with Crippen LogP contribution in [0.5, 0.6) is 0 Å². The lowest BCUT2D eigenvalue weighted by Gasteiger charge is -2.23. The summed E-state index contributed by atoms with van der Waals surface area (Å²) in [5.74, 6) is 0.0631. The van der Waals surface area contributed by atoms with Crippen LogP contribution in [0.1, 0.15) is 31.2 Å². The highest BCUT2D eigenvalue weighted by atomic mass is 16.6. The summed E-state index contributed by atoms with van der Waals surface area (Å²) in [7, 11) is 0. The highest BCUT2D eigenvalue weighted by molar-refractivity contribution is 5.83. The molecule has 1 aromatic rings. The summed E-state index contributed by atoms with van der Waals surface area (Å²) in [6.45, 7) is 4.46. The second-order valence-electron chi connectivity index (χ2n) is 5.51. The number of rotatable bonds is 5. The van der Waals surface area contributed by atoms with Crippen molar-refractivity contribution in [3.63, 3.8) is 0 Å². The van der Waals surface area contributed by atoms with Crippen molar-refractivity contribution in [2.75, 3.05) is 19.6 Å². The zero-order chi connectivity index (χ0) is 15.2. The molecule has 6 nitrogen and oxygen atoms in total. The summed E-state index contributed by atoms with van der Waals surface area (Å²) in [5, 5.41) is 17.0. The lowest BCUT2D eigenvalue weighted by molar-refractivity contribution is -0.384. The van der Waals surface area contributed by atoms with E-state index in [-0.39, 0.29) is 17.5 Å². The van der Waals surface area contributed by atoms with Gasteiger partial charge >= 0.3 is 0 Å². The smallest absolute Gasteiger partial charge is 0.269 e. The molecule has 2 rings (SSSR count). The molecule has 1 amide bonds. The maximum atomic E-state index is 12.2. The van der Waals surface area contributed by atoms with Gasteiger partial charge in [0.25, 0.3) is 5.69 Å². The number of hydrogen-bond acceptors (Lipinski definition) is 4. The third-order valence-corrected chi connectivity index (χ3v) is 4.00. The number of nitro benzene ring substituents is 1. The Morgan fingerprint density at radius 3 is 2.86 bits per heavy atom. The summed E-state index contributed by atoms with van der Waals surface area (Å²) in [6, 6.07) is 6.27. The number of nitrogens with one attached hydrogen (secondary N) is 2. The molecule has 0 spiro atoms. The molecular weight excluding hydrogens is 270 g/mol. The minimum atomic E-state index is -0.441. The lowest BCUT2D eigenvalue weighted by atomic mass is 9.96. The quantitative estimate of drug-likeness (QED) is 0.640. The van der Waals surface area contributed by atoms with Gasteiger partial charge in [0, 0.05) is 18.7 Å². The van der Waals surface area contributed by atoms with Crippen molar-refractivity contribution in [1.82, 2.24) is 10.6 Å². The van der Waals surface area contributed by atoms with Crippen LogP contribution in [-0.2, 0) is 4.79 Å². The molecule has 0 aromatic heterocycles. The summed E-state index contributed by atoms with van der Waals surface area (Å²) < 4.78 is 0. The third kappa shape index (κ3) is 4.26. The van der Waals surface area contributed by atoms with Gasteiger partial charge in [0.15, 0.2) is 0 Å². The number of non-ortho nitro benzene ring substituents is 1. The SMILES string of the molecule is CC(C(=O)NCC1CCNCC1)c1cccc([N+](=O)[O-])c1. The van der Waals surface area contributed by atoms with E-state index in [2.05, 4.69) is 10.6 Å². The van der Waals surface area contributed by atoms with Crippen LogP contribution in [0.4, 0.5) is 5.69 Å². The van der Waals surface area contributed by atoms with E-state index in [1.54, 1.807) is 19.1 Å². The Balaban J connectivity index is 1.92. The van der Waals surface area contributed by atoms with Crippen LogP contribution in [0.25, 0.3) is 0 Å². The molecule has 0 radical (unpaired) electrons. The van der Waals surface area contributed by atoms with Gasteiger partial charge in [-0.05, 0) is 44.3 Å². The average Bonchev–Trinajstić information content (AvgIpc) is 2.53. The van der Waals surface area contributed by atoms with Crippen molar-refractivity contribution in [1.29, 1.82) is 0 Å². The van der Waals surface area contributed by atoms with E-state index in [1.165, 1.54) is 12.1 Å². The Hall–Kier alpha value is -1.95. The van der Waals surface area contributed by atoms with Gasteiger partial charge in [-0.2, -0.15) is 0 Å². The van der Waals surface area contributed by atoms with Gasteiger partial charge in [0.2, 0.25) is 5.91 Å². The molecule has 0 bridgehead atoms. The van der Waals surface area contributed by atoms with Gasteiger partial charge in [0.1, 0.15) is 0 Å². The van der Waals surface area contributed by atoms with Gasteiger partial charge in [-0.3, -0.25) is 14.9 Å². The molecule has 1 fully saturated rings. The number of piperidine rings is 1. The zero-order valence-electron chi connectivity index (χ0n) is 12.2. The van der Waals surface area contributed by atoms with Crippen molar-refractivity contribution >= 4 is 11.6 Å². The van der Waals surface area contributed by atoms with Crippen molar-refractivity contribution in [2.45, 2.75) is 25.7 Å². The second kappa shape index (κ2) is 7.17. The molecule has 1 unspecified atom stereocenters. The molecule has 1 aromatic carbocycles. The predicted molar refractivity (Wildman–Crippen MR) is 80.1 cm³/mol. The first-order chi connectivity index (χ1) is 10.1. The lowest BCUT2D eigenvalue weighted by Crippen LogP contribution is -2.37. The standard InChI is InChI=1S/C15H21N3O3/c1-11(13-3-2-4-14(9-13)18(20)21)15(19)17-10-12-5-7-16-8-6-12/h2-4,9,11-12,16H,5-8,10H2,1H3,(H,17,19). The average molecular weight is 291 g/mol. The first-order valence-electron chi connectivity index (χ1n) is 7.30. The fourth-order valence-electron chi connectivity index (χ4n) is 2.54. The first-order valence-corrected chi connectivity index (χ1v) is 7.30. The van der Waals surface area contributed by atoms with Crippen molar-refractivity contribution < 1.29 is 9.72 Å². The first kappa shape index (κ1) is 15.4. The zero-order valence-corrected chi connectivity index (χ0v) is 12.2. The van der Waals surface area contributed by atoms with Crippen LogP contribution in [0.2, 0.25) is 0 Å². The Kier molecular flexibility index (Phi) is 5.27. The van der Waals surface area contributed by atoms with Crippen LogP contribution < -0.4 is 10.6 Å². The fraction of sp³-hybridized carbons (Fsp3) is 0.533. The van der Waals surface area contributed by atoms with Crippen LogP contribution >= 0.6 is 0 Å². The van der Waals surface area contributed by atoms with E-state index in [4.69, 9.17) is 0 Å². The minimum Gasteiger partial charge on any atom is -0.355 e. The maximum absolute atomic E-state index is 12.2. The van der Waals surface area contributed by atoms with Gasteiger partial charge in [-0.25, -0.2) is 0 Å². The number of nitro groups is 1. The number of amides is 1. The normalized spacial score (nSPS) is 17.2. The minimum absolute atomic E-state index is 0.0190. The van der Waals surface area contributed by atoms with E-state index < -0.39 is 4.92 Å². The van der Waals surface area contributed by atoms with E-state index in [0.717, 1.165) is 25.9 Å². The van der Waals surface area contributed by atoms with E-state index in [9.17, 15) is 14.9 Å². The molecular formula is C15H21N3O3. The summed E-state index contributed by atoms with van der Waals surface area (Å²) >= 11 is 0. The van der Waals surface area contributed by atoms with Crippen LogP contribution in [0.3, 0.4) is 0 Å². The Labute approximate surface area is 124 Å². The van der Waals surface area contributed by atoms with Gasteiger partial charge in [0.05, 0.1) is 10.8 Å². The molecule has 6 heteroatoms. The predicted octanol–water partition coefficient (Wildman–Crippen LogP) is 1.81. The molecule has 0 aliphatic carbocycles. The van der Waals surface area contributed by atoms with Crippen molar-refractivity contribution in [2.24, 2.45) is 5.92 Å². The monoisotopic (exact) mass is 291 g/mol. The Bertz CT molecular complexity index is 513. The summed E-state index contributed by atoms with van der Waals surface area (Å²) in [4.78, 5) is 22.5. The van der Waals surface area contributed by atoms with Crippen molar-refractivity contribution in [3.05, 3.63) is 39.9 Å².